The normalized spacial score (nSPS) is 21.7. The zero-order valence-corrected chi connectivity index (χ0v) is 11.0. The van der Waals surface area contributed by atoms with E-state index in [1.807, 2.05) is 25.2 Å². The first kappa shape index (κ1) is 13.1. The molecule has 2 atom stereocenters. The van der Waals surface area contributed by atoms with Gasteiger partial charge in [-0.05, 0) is 32.0 Å². The van der Waals surface area contributed by atoms with Gasteiger partial charge < -0.3 is 5.32 Å². The van der Waals surface area contributed by atoms with Gasteiger partial charge in [0.05, 0.1) is 12.0 Å². The van der Waals surface area contributed by atoms with Crippen molar-refractivity contribution >= 4 is 0 Å². The van der Waals surface area contributed by atoms with Crippen molar-refractivity contribution in [3.63, 3.8) is 0 Å². The summed E-state index contributed by atoms with van der Waals surface area (Å²) in [5.74, 6) is -0.0105. The molecule has 0 aliphatic carbocycles. The Balaban J connectivity index is 2.01. The maximum Gasteiger partial charge on any atom is 0.0839 e. The maximum atomic E-state index is 9.36. The van der Waals surface area contributed by atoms with Gasteiger partial charge in [-0.1, -0.05) is 30.3 Å². The number of rotatable bonds is 5. The van der Waals surface area contributed by atoms with E-state index in [-0.39, 0.29) is 5.92 Å². The van der Waals surface area contributed by atoms with E-state index in [0.29, 0.717) is 6.04 Å². The van der Waals surface area contributed by atoms with Crippen molar-refractivity contribution in [2.24, 2.45) is 0 Å². The van der Waals surface area contributed by atoms with Gasteiger partial charge in [-0.15, -0.1) is 0 Å². The van der Waals surface area contributed by atoms with Crippen molar-refractivity contribution in [2.75, 3.05) is 26.7 Å². The van der Waals surface area contributed by atoms with Crippen LogP contribution in [0.3, 0.4) is 0 Å². The van der Waals surface area contributed by atoms with E-state index in [1.165, 1.54) is 12.8 Å². The van der Waals surface area contributed by atoms with E-state index in [1.54, 1.807) is 0 Å². The Labute approximate surface area is 109 Å². The van der Waals surface area contributed by atoms with Gasteiger partial charge in [0, 0.05) is 19.1 Å². The predicted octanol–water partition coefficient (Wildman–Crippen LogP) is 1.98. The minimum absolute atomic E-state index is 0.0105. The molecule has 1 aliphatic rings. The molecule has 0 saturated carbocycles. The molecule has 1 aromatic carbocycles. The zero-order valence-electron chi connectivity index (χ0n) is 11.0. The molecule has 1 heterocycles. The molecule has 3 nitrogen and oxygen atoms in total. The van der Waals surface area contributed by atoms with Crippen LogP contribution in [0, 0.1) is 11.3 Å². The molecule has 0 spiro atoms. The van der Waals surface area contributed by atoms with Crippen LogP contribution in [0.25, 0.3) is 0 Å². The smallest absolute Gasteiger partial charge is 0.0839 e. The number of nitrogens with zero attached hydrogens (tertiary/aromatic N) is 2. The second-order valence-electron chi connectivity index (χ2n) is 4.94. The number of nitrogens with one attached hydrogen (secondary N) is 1. The molecule has 3 heteroatoms. The first-order valence-corrected chi connectivity index (χ1v) is 6.68. The van der Waals surface area contributed by atoms with Crippen LogP contribution in [0.15, 0.2) is 30.3 Å². The average molecular weight is 243 g/mol. The molecule has 1 aliphatic heterocycles. The fourth-order valence-corrected chi connectivity index (χ4v) is 2.74. The molecule has 2 rings (SSSR count). The van der Waals surface area contributed by atoms with Crippen LogP contribution in [0.2, 0.25) is 0 Å². The van der Waals surface area contributed by atoms with E-state index < -0.39 is 0 Å². The molecule has 0 radical (unpaired) electrons. The Bertz CT molecular complexity index is 396. The van der Waals surface area contributed by atoms with Gasteiger partial charge in [0.2, 0.25) is 0 Å². The van der Waals surface area contributed by atoms with Crippen LogP contribution in [0.4, 0.5) is 0 Å². The highest BCUT2D eigenvalue weighted by molar-refractivity contribution is 5.25. The van der Waals surface area contributed by atoms with Gasteiger partial charge >= 0.3 is 0 Å². The molecular formula is C15H21N3. The second kappa shape index (κ2) is 6.53. The van der Waals surface area contributed by atoms with E-state index in [4.69, 9.17) is 0 Å². The fourth-order valence-electron chi connectivity index (χ4n) is 2.74. The first-order chi connectivity index (χ1) is 8.85. The van der Waals surface area contributed by atoms with Gasteiger partial charge in [-0.2, -0.15) is 5.26 Å². The molecule has 2 unspecified atom stereocenters. The molecule has 1 aromatic rings. The lowest BCUT2D eigenvalue weighted by Gasteiger charge is -2.26. The molecule has 0 bridgehead atoms. The number of likely N-dealkylation sites (tertiary alicyclic amines) is 1. The lowest BCUT2D eigenvalue weighted by molar-refractivity contribution is 0.246. The summed E-state index contributed by atoms with van der Waals surface area (Å²) in [4.78, 5) is 2.46. The summed E-state index contributed by atoms with van der Waals surface area (Å²) in [5, 5.41) is 12.6. The highest BCUT2D eigenvalue weighted by Gasteiger charge is 2.26. The molecule has 18 heavy (non-hydrogen) atoms. The molecule has 96 valence electrons. The summed E-state index contributed by atoms with van der Waals surface area (Å²) in [5.41, 5.74) is 1.13. The maximum absolute atomic E-state index is 9.36. The van der Waals surface area contributed by atoms with E-state index >= 15 is 0 Å². The predicted molar refractivity (Wildman–Crippen MR) is 73.3 cm³/mol. The van der Waals surface area contributed by atoms with Crippen molar-refractivity contribution < 1.29 is 0 Å². The van der Waals surface area contributed by atoms with Crippen molar-refractivity contribution in [3.8, 4) is 6.07 Å². The van der Waals surface area contributed by atoms with Crippen LogP contribution in [0.1, 0.15) is 24.3 Å². The summed E-state index contributed by atoms with van der Waals surface area (Å²) in [7, 11) is 2.00. The van der Waals surface area contributed by atoms with Gasteiger partial charge in [-0.25, -0.2) is 0 Å². The first-order valence-electron chi connectivity index (χ1n) is 6.68. The Morgan fingerprint density at radius 2 is 2.22 bits per heavy atom. The topological polar surface area (TPSA) is 39.1 Å². The summed E-state index contributed by atoms with van der Waals surface area (Å²) in [6.45, 7) is 3.00. The van der Waals surface area contributed by atoms with Gasteiger partial charge in [-0.3, -0.25) is 4.90 Å². The molecule has 1 fully saturated rings. The summed E-state index contributed by atoms with van der Waals surface area (Å²) in [6.07, 6.45) is 2.49. The third kappa shape index (κ3) is 3.10. The second-order valence-corrected chi connectivity index (χ2v) is 4.94. The van der Waals surface area contributed by atoms with E-state index in [2.05, 4.69) is 28.4 Å². The number of hydrogen-bond donors (Lipinski definition) is 1. The van der Waals surface area contributed by atoms with Crippen LogP contribution in [-0.2, 0) is 0 Å². The molecule has 1 saturated heterocycles. The Hall–Kier alpha value is -1.37. The van der Waals surface area contributed by atoms with Crippen LogP contribution >= 0.6 is 0 Å². The van der Waals surface area contributed by atoms with E-state index in [9.17, 15) is 5.26 Å². The summed E-state index contributed by atoms with van der Waals surface area (Å²) in [6, 6.07) is 13.2. The molecular weight excluding hydrogens is 222 g/mol. The largest absolute Gasteiger partial charge is 0.318 e. The third-order valence-electron chi connectivity index (χ3n) is 3.71. The summed E-state index contributed by atoms with van der Waals surface area (Å²) < 4.78 is 0. The van der Waals surface area contributed by atoms with Gasteiger partial charge in [0.15, 0.2) is 0 Å². The number of benzene rings is 1. The highest BCUT2D eigenvalue weighted by atomic mass is 15.2. The third-order valence-corrected chi connectivity index (χ3v) is 3.71. The quantitative estimate of drug-likeness (QED) is 0.859. The van der Waals surface area contributed by atoms with E-state index in [0.717, 1.165) is 25.2 Å². The van der Waals surface area contributed by atoms with Crippen molar-refractivity contribution in [3.05, 3.63) is 35.9 Å². The average Bonchev–Trinajstić information content (AvgIpc) is 2.85. The number of hydrogen-bond acceptors (Lipinski definition) is 3. The summed E-state index contributed by atoms with van der Waals surface area (Å²) >= 11 is 0. The van der Waals surface area contributed by atoms with Crippen LogP contribution in [-0.4, -0.2) is 37.6 Å². The van der Waals surface area contributed by atoms with Gasteiger partial charge in [0.1, 0.15) is 0 Å². The minimum atomic E-state index is -0.0105. The zero-order chi connectivity index (χ0) is 12.8. The molecule has 1 N–H and O–H groups in total. The van der Waals surface area contributed by atoms with Crippen molar-refractivity contribution in [1.82, 2.24) is 10.2 Å². The van der Waals surface area contributed by atoms with Crippen LogP contribution < -0.4 is 5.32 Å². The lowest BCUT2D eigenvalue weighted by atomic mass is 10.00. The van der Waals surface area contributed by atoms with Crippen LogP contribution in [0.5, 0.6) is 0 Å². The Kier molecular flexibility index (Phi) is 4.74. The monoisotopic (exact) mass is 243 g/mol. The number of nitriles is 1. The lowest BCUT2D eigenvalue weighted by Crippen LogP contribution is -2.38. The fraction of sp³-hybridized carbons (Fsp3) is 0.533. The Morgan fingerprint density at radius 1 is 1.44 bits per heavy atom. The SMILES string of the molecule is CNCC1CCCN1CC(C#N)c1ccccc1. The Morgan fingerprint density at radius 3 is 2.89 bits per heavy atom. The molecule has 0 amide bonds. The molecule has 0 aromatic heterocycles. The van der Waals surface area contributed by atoms with Crippen molar-refractivity contribution in [1.29, 1.82) is 5.26 Å². The standard InChI is InChI=1S/C15H21N3/c1-17-11-15-8-5-9-18(15)12-14(10-16)13-6-3-2-4-7-13/h2-4,6-7,14-15,17H,5,8-9,11-12H2,1H3. The van der Waals surface area contributed by atoms with Crippen molar-refractivity contribution in [2.45, 2.75) is 24.8 Å². The highest BCUT2D eigenvalue weighted by Crippen LogP contribution is 2.22. The van der Waals surface area contributed by atoms with Gasteiger partial charge in [0.25, 0.3) is 0 Å². The minimum Gasteiger partial charge on any atom is -0.318 e. The number of likely N-dealkylation sites (N-methyl/N-ethyl adjacent to an activating group) is 1.